The molecule has 0 aliphatic carbocycles. The van der Waals surface area contributed by atoms with Gasteiger partial charge in [0.2, 0.25) is 0 Å². The lowest BCUT2D eigenvalue weighted by atomic mass is 10.1. The molecular formula is C15H21BrClNO. The fraction of sp³-hybridized carbons (Fsp3) is 0.600. The maximum absolute atomic E-state index is 5.81. The molecule has 1 aromatic carbocycles. The monoisotopic (exact) mass is 345 g/mol. The van der Waals surface area contributed by atoms with Gasteiger partial charge in [0.25, 0.3) is 0 Å². The minimum atomic E-state index is 0.513. The quantitative estimate of drug-likeness (QED) is 0.715. The van der Waals surface area contributed by atoms with E-state index in [2.05, 4.69) is 46.8 Å². The molecule has 4 heteroatoms. The van der Waals surface area contributed by atoms with Gasteiger partial charge in [0, 0.05) is 34.9 Å². The van der Waals surface area contributed by atoms with Crippen LogP contribution < -0.4 is 4.74 Å². The summed E-state index contributed by atoms with van der Waals surface area (Å²) in [6.07, 6.45) is 2.04. The molecule has 0 amide bonds. The minimum Gasteiger partial charge on any atom is -0.493 e. The number of hydrogen-bond donors (Lipinski definition) is 0. The van der Waals surface area contributed by atoms with Crippen molar-refractivity contribution in [3.63, 3.8) is 0 Å². The molecular weight excluding hydrogens is 326 g/mol. The van der Waals surface area contributed by atoms with Gasteiger partial charge in [-0.25, -0.2) is 0 Å². The fourth-order valence-electron chi connectivity index (χ4n) is 2.46. The normalized spacial score (nSPS) is 14.0. The average molecular weight is 347 g/mol. The molecule has 0 saturated carbocycles. The third kappa shape index (κ3) is 3.87. The Hall–Kier alpha value is -0.250. The van der Waals surface area contributed by atoms with Crippen molar-refractivity contribution in [3.8, 4) is 5.75 Å². The third-order valence-corrected chi connectivity index (χ3v) is 4.23. The van der Waals surface area contributed by atoms with E-state index < -0.39 is 0 Å². The predicted octanol–water partition coefficient (Wildman–Crippen LogP) is 4.22. The first-order valence-electron chi connectivity index (χ1n) is 6.86. The first-order valence-corrected chi connectivity index (χ1v) is 8.18. The van der Waals surface area contributed by atoms with E-state index in [1.807, 2.05) is 0 Å². The molecule has 2 rings (SSSR count). The Kier molecular flexibility index (Phi) is 5.55. The van der Waals surface area contributed by atoms with Crippen LogP contribution in [-0.4, -0.2) is 30.0 Å². The molecule has 0 aromatic heterocycles. The van der Waals surface area contributed by atoms with Crippen molar-refractivity contribution < 1.29 is 4.74 Å². The summed E-state index contributed by atoms with van der Waals surface area (Å²) in [5.41, 5.74) is 2.61. The van der Waals surface area contributed by atoms with Gasteiger partial charge < -0.3 is 4.74 Å². The molecule has 0 atom stereocenters. The minimum absolute atomic E-state index is 0.513. The van der Waals surface area contributed by atoms with Gasteiger partial charge >= 0.3 is 0 Å². The number of alkyl halides is 1. The van der Waals surface area contributed by atoms with Crippen molar-refractivity contribution in [2.24, 2.45) is 0 Å². The third-order valence-electron chi connectivity index (χ3n) is 3.51. The van der Waals surface area contributed by atoms with Gasteiger partial charge in [0.05, 0.1) is 6.61 Å². The number of nitrogens with zero attached hydrogens (tertiary/aromatic N) is 1. The number of halogens is 2. The molecule has 0 bridgehead atoms. The fourth-order valence-corrected chi connectivity index (χ4v) is 3.14. The van der Waals surface area contributed by atoms with Crippen LogP contribution in [0.25, 0.3) is 0 Å². The second kappa shape index (κ2) is 6.96. The summed E-state index contributed by atoms with van der Waals surface area (Å²) in [6.45, 7) is 7.22. The Labute approximate surface area is 129 Å². The SMILES string of the molecule is CC(C)N(CCCCl)Cc1cc(Br)cc2c1OCC2. The molecule has 1 aromatic rings. The van der Waals surface area contributed by atoms with E-state index in [0.717, 1.165) is 48.6 Å². The van der Waals surface area contributed by atoms with E-state index in [9.17, 15) is 0 Å². The van der Waals surface area contributed by atoms with Crippen molar-refractivity contribution in [1.29, 1.82) is 0 Å². The number of benzene rings is 1. The Bertz CT molecular complexity index is 436. The Balaban J connectivity index is 2.17. The van der Waals surface area contributed by atoms with Crippen LogP contribution in [-0.2, 0) is 13.0 Å². The second-order valence-corrected chi connectivity index (χ2v) is 6.55. The van der Waals surface area contributed by atoms with E-state index in [4.69, 9.17) is 16.3 Å². The summed E-state index contributed by atoms with van der Waals surface area (Å²) < 4.78 is 6.94. The smallest absolute Gasteiger partial charge is 0.127 e. The maximum Gasteiger partial charge on any atom is 0.127 e. The lowest BCUT2D eigenvalue weighted by Crippen LogP contribution is -2.31. The highest BCUT2D eigenvalue weighted by atomic mass is 79.9. The molecule has 106 valence electrons. The first kappa shape index (κ1) is 15.1. The van der Waals surface area contributed by atoms with Crippen LogP contribution >= 0.6 is 27.5 Å². The molecule has 0 saturated heterocycles. The zero-order valence-corrected chi connectivity index (χ0v) is 13.9. The Morgan fingerprint density at radius 3 is 2.89 bits per heavy atom. The summed E-state index contributed by atoms with van der Waals surface area (Å²) >= 11 is 9.41. The number of hydrogen-bond acceptors (Lipinski definition) is 2. The highest BCUT2D eigenvalue weighted by Gasteiger charge is 2.20. The topological polar surface area (TPSA) is 12.5 Å². The van der Waals surface area contributed by atoms with E-state index in [1.165, 1.54) is 11.1 Å². The van der Waals surface area contributed by atoms with Gasteiger partial charge in [0.15, 0.2) is 0 Å². The number of ether oxygens (including phenoxy) is 1. The average Bonchev–Trinajstić information content (AvgIpc) is 2.81. The molecule has 0 spiro atoms. The predicted molar refractivity (Wildman–Crippen MR) is 84.2 cm³/mol. The standard InChI is InChI=1S/C15H21BrClNO/c1-11(2)18(6-3-5-17)10-13-9-14(16)8-12-4-7-19-15(12)13/h8-9,11H,3-7,10H2,1-2H3. The van der Waals surface area contributed by atoms with Crippen molar-refractivity contribution in [2.45, 2.75) is 39.3 Å². The van der Waals surface area contributed by atoms with Crippen molar-refractivity contribution >= 4 is 27.5 Å². The summed E-state index contributed by atoms with van der Waals surface area (Å²) in [6, 6.07) is 4.86. The van der Waals surface area contributed by atoms with Gasteiger partial charge in [0.1, 0.15) is 5.75 Å². The summed E-state index contributed by atoms with van der Waals surface area (Å²) in [5, 5.41) is 0. The molecule has 0 unspecified atom stereocenters. The molecule has 0 N–H and O–H groups in total. The van der Waals surface area contributed by atoms with Crippen LogP contribution in [0.15, 0.2) is 16.6 Å². The van der Waals surface area contributed by atoms with E-state index in [1.54, 1.807) is 0 Å². The van der Waals surface area contributed by atoms with Crippen LogP contribution in [0.1, 0.15) is 31.4 Å². The van der Waals surface area contributed by atoms with Crippen LogP contribution in [0.4, 0.5) is 0 Å². The Morgan fingerprint density at radius 2 is 2.21 bits per heavy atom. The van der Waals surface area contributed by atoms with E-state index >= 15 is 0 Å². The highest BCUT2D eigenvalue weighted by molar-refractivity contribution is 9.10. The first-order chi connectivity index (χ1) is 9.11. The van der Waals surface area contributed by atoms with Gasteiger partial charge in [-0.1, -0.05) is 15.9 Å². The van der Waals surface area contributed by atoms with E-state index in [0.29, 0.717) is 6.04 Å². The van der Waals surface area contributed by atoms with Crippen LogP contribution in [0.3, 0.4) is 0 Å². The van der Waals surface area contributed by atoms with Gasteiger partial charge in [-0.15, -0.1) is 11.6 Å². The molecule has 1 heterocycles. The van der Waals surface area contributed by atoms with E-state index in [-0.39, 0.29) is 0 Å². The zero-order valence-electron chi connectivity index (χ0n) is 11.6. The molecule has 1 aliphatic rings. The number of fused-ring (bicyclic) bond motifs is 1. The lowest BCUT2D eigenvalue weighted by molar-refractivity contribution is 0.210. The summed E-state index contributed by atoms with van der Waals surface area (Å²) in [7, 11) is 0. The molecule has 0 radical (unpaired) electrons. The highest BCUT2D eigenvalue weighted by Crippen LogP contribution is 2.34. The largest absolute Gasteiger partial charge is 0.493 e. The molecule has 0 fully saturated rings. The van der Waals surface area contributed by atoms with Gasteiger partial charge in [-0.3, -0.25) is 4.90 Å². The van der Waals surface area contributed by atoms with Crippen LogP contribution in [0, 0.1) is 0 Å². The van der Waals surface area contributed by atoms with Gasteiger partial charge in [-0.05, 0) is 44.5 Å². The Morgan fingerprint density at radius 1 is 1.42 bits per heavy atom. The summed E-state index contributed by atoms with van der Waals surface area (Å²) in [5.74, 6) is 1.82. The van der Waals surface area contributed by atoms with Crippen molar-refractivity contribution in [3.05, 3.63) is 27.7 Å². The second-order valence-electron chi connectivity index (χ2n) is 5.26. The zero-order chi connectivity index (χ0) is 13.8. The van der Waals surface area contributed by atoms with Crippen LogP contribution in [0.5, 0.6) is 5.75 Å². The molecule has 19 heavy (non-hydrogen) atoms. The van der Waals surface area contributed by atoms with Gasteiger partial charge in [-0.2, -0.15) is 0 Å². The summed E-state index contributed by atoms with van der Waals surface area (Å²) in [4.78, 5) is 2.45. The molecule has 2 nitrogen and oxygen atoms in total. The van der Waals surface area contributed by atoms with Crippen molar-refractivity contribution in [1.82, 2.24) is 4.90 Å². The van der Waals surface area contributed by atoms with Crippen molar-refractivity contribution in [2.75, 3.05) is 19.0 Å². The maximum atomic E-state index is 5.81. The lowest BCUT2D eigenvalue weighted by Gasteiger charge is -2.27. The van der Waals surface area contributed by atoms with Crippen LogP contribution in [0.2, 0.25) is 0 Å². The number of rotatable bonds is 6. The molecule has 1 aliphatic heterocycles.